The second kappa shape index (κ2) is 51.0. The summed E-state index contributed by atoms with van der Waals surface area (Å²) in [5.74, 6) is 2.25. The molecule has 0 saturated heterocycles. The molecule has 0 spiro atoms. The van der Waals surface area contributed by atoms with Crippen LogP contribution in [-0.4, -0.2) is 0 Å². The molecule has 0 nitrogen and oxygen atoms in total. The van der Waals surface area contributed by atoms with Gasteiger partial charge in [-0.05, 0) is 167 Å². The molecule has 0 aliphatic heterocycles. The Hall–Kier alpha value is -7.72. The molecule has 6 aromatic carbocycles. The summed E-state index contributed by atoms with van der Waals surface area (Å²) < 4.78 is 0. The number of allylic oxidation sites excluding steroid dienone is 21. The first-order chi connectivity index (χ1) is 40.7. The Bertz CT molecular complexity index is 3120. The molecule has 6 aromatic rings. The Morgan fingerprint density at radius 3 is 1.76 bits per heavy atom. The van der Waals surface area contributed by atoms with Crippen LogP contribution in [0.1, 0.15) is 184 Å². The number of terminal acetylenes is 1. The van der Waals surface area contributed by atoms with Crippen LogP contribution in [0.15, 0.2) is 254 Å². The lowest BCUT2D eigenvalue weighted by Gasteiger charge is -2.25. The van der Waals surface area contributed by atoms with E-state index in [1.807, 2.05) is 86.6 Å². The van der Waals surface area contributed by atoms with Crippen LogP contribution in [0.25, 0.3) is 38.8 Å². The van der Waals surface area contributed by atoms with Crippen molar-refractivity contribution in [2.45, 2.75) is 176 Å². The van der Waals surface area contributed by atoms with Gasteiger partial charge in [0.05, 0.1) is 0 Å². The van der Waals surface area contributed by atoms with E-state index in [-0.39, 0.29) is 5.41 Å². The van der Waals surface area contributed by atoms with Crippen LogP contribution in [-0.2, 0) is 5.41 Å². The summed E-state index contributed by atoms with van der Waals surface area (Å²) in [6.45, 7) is 53.4. The van der Waals surface area contributed by atoms with Crippen molar-refractivity contribution in [3.63, 3.8) is 0 Å². The van der Waals surface area contributed by atoms with E-state index in [2.05, 4.69) is 302 Å². The standard InChI is InChI=1S/C24H24.C20H24.C17H16.C7H10.C3H8.C3H4.4C2H6.C2H4/c1-4-20(21-14-12-19(2)13-15-21)16-17-23-11-8-18-24(23,3)22-9-6-5-7-10-22;1-5-6-8-11-17(2)14-15-18(3)16-19(4)20-12-9-7-10-13-20;1-4-13-8-9-14-6-5-7-15-10-11(2)12(3)16(13)17(14)15;1-7-5-3-2-4-6-7;2*1-3-2;5*1-2/h4-18H,1-3H3;5-13,15-16H,2,14H2,1,3-4H3;4-10H,1-3H3;3,5-6H,2,4H2,1H3;3H2,1-2H3;1H,2H3;4*1-2H3;1-2H2/b17-16-,20-4+;6-5-,11-8-,18-15-,19-16+;13-4-;;;;;;;;. The molecule has 0 aromatic heterocycles. The maximum absolute atomic E-state index is 4.60. The van der Waals surface area contributed by atoms with Gasteiger partial charge in [0.2, 0.25) is 0 Å². The molecule has 84 heavy (non-hydrogen) atoms. The van der Waals surface area contributed by atoms with Gasteiger partial charge in [0.1, 0.15) is 0 Å². The highest BCUT2D eigenvalue weighted by molar-refractivity contribution is 6.11. The first-order valence-electron chi connectivity index (χ1n) is 31.0. The lowest BCUT2D eigenvalue weighted by molar-refractivity contribution is 0.735. The van der Waals surface area contributed by atoms with Gasteiger partial charge in [0.25, 0.3) is 0 Å². The molecule has 0 N–H and O–H groups in total. The zero-order valence-electron chi connectivity index (χ0n) is 56.8. The molecule has 2 aliphatic carbocycles. The quantitative estimate of drug-likeness (QED) is 0.0729. The summed E-state index contributed by atoms with van der Waals surface area (Å²) in [7, 11) is 0. The minimum Gasteiger partial charge on any atom is -0.120 e. The van der Waals surface area contributed by atoms with Crippen LogP contribution in [0.4, 0.5) is 0 Å². The number of hydrogen-bond donors (Lipinski definition) is 0. The molecule has 0 amide bonds. The zero-order valence-corrected chi connectivity index (χ0v) is 56.8. The van der Waals surface area contributed by atoms with Crippen molar-refractivity contribution in [3.8, 4) is 12.3 Å². The Balaban J connectivity index is -0.000000997. The highest BCUT2D eigenvalue weighted by Gasteiger charge is 2.29. The van der Waals surface area contributed by atoms with Crippen LogP contribution >= 0.6 is 0 Å². The lowest BCUT2D eigenvalue weighted by Crippen LogP contribution is -2.18. The Kier molecular flexibility index (Phi) is 48.8. The fourth-order valence-electron chi connectivity index (χ4n) is 8.49. The Morgan fingerprint density at radius 1 is 0.679 bits per heavy atom. The third kappa shape index (κ3) is 30.0. The monoisotopic (exact) mass is 1120 g/mol. The number of aryl methyl sites for hydroxylation is 3. The summed E-state index contributed by atoms with van der Waals surface area (Å²) in [6, 6.07) is 43.1. The Labute approximate surface area is 517 Å². The average Bonchev–Trinajstić information content (AvgIpc) is 3.88. The van der Waals surface area contributed by atoms with Crippen molar-refractivity contribution in [3.05, 3.63) is 293 Å². The van der Waals surface area contributed by atoms with Gasteiger partial charge in [-0.2, -0.15) is 0 Å². The highest BCUT2D eigenvalue weighted by atomic mass is 14.3. The molecular weight excluding hydrogens is 1010 g/mol. The van der Waals surface area contributed by atoms with Gasteiger partial charge in [-0.25, -0.2) is 0 Å². The van der Waals surface area contributed by atoms with E-state index in [4.69, 9.17) is 0 Å². The topological polar surface area (TPSA) is 0 Å². The fraction of sp³-hybridized carbons (Fsp3) is 0.310. The van der Waals surface area contributed by atoms with E-state index >= 15 is 0 Å². The maximum atomic E-state index is 4.60. The van der Waals surface area contributed by atoms with Crippen LogP contribution in [0, 0.1) is 33.1 Å². The van der Waals surface area contributed by atoms with Gasteiger partial charge in [0.15, 0.2) is 0 Å². The zero-order chi connectivity index (χ0) is 64.3. The van der Waals surface area contributed by atoms with E-state index in [0.29, 0.717) is 0 Å². The molecule has 0 heterocycles. The van der Waals surface area contributed by atoms with Gasteiger partial charge >= 0.3 is 0 Å². The summed E-state index contributed by atoms with van der Waals surface area (Å²) in [4.78, 5) is 0. The first kappa shape index (κ1) is 80.5. The van der Waals surface area contributed by atoms with Crippen molar-refractivity contribution in [2.75, 3.05) is 0 Å². The van der Waals surface area contributed by atoms with Crippen molar-refractivity contribution < 1.29 is 0 Å². The lowest BCUT2D eigenvalue weighted by atomic mass is 9.78. The predicted octanol–water partition coefficient (Wildman–Crippen LogP) is 25.9. The first-order valence-corrected chi connectivity index (χ1v) is 31.0. The molecule has 0 fully saturated rings. The molecular formula is C84H114. The average molecular weight is 1120 g/mol. The highest BCUT2D eigenvalue weighted by Crippen LogP contribution is 2.38. The largest absolute Gasteiger partial charge is 0.120 e. The van der Waals surface area contributed by atoms with Crippen LogP contribution < -0.4 is 5.22 Å². The van der Waals surface area contributed by atoms with Gasteiger partial charge in [-0.1, -0.05) is 323 Å². The van der Waals surface area contributed by atoms with Crippen molar-refractivity contribution in [2.24, 2.45) is 0 Å². The van der Waals surface area contributed by atoms with E-state index in [9.17, 15) is 0 Å². The van der Waals surface area contributed by atoms with Crippen molar-refractivity contribution >= 4 is 38.8 Å². The van der Waals surface area contributed by atoms with Gasteiger partial charge in [-0.15, -0.1) is 25.5 Å². The molecule has 1 atom stereocenters. The predicted molar refractivity (Wildman–Crippen MR) is 392 cm³/mol. The van der Waals surface area contributed by atoms with Crippen molar-refractivity contribution in [1.82, 2.24) is 0 Å². The summed E-state index contributed by atoms with van der Waals surface area (Å²) in [6.07, 6.45) is 43.9. The number of hydrogen-bond acceptors (Lipinski definition) is 0. The van der Waals surface area contributed by atoms with E-state index in [0.717, 1.165) is 12.0 Å². The summed E-state index contributed by atoms with van der Waals surface area (Å²) in [5, 5.41) is 6.86. The maximum Gasteiger partial charge on any atom is 0.0356 e. The number of rotatable bonds is 10. The minimum atomic E-state index is -0.0517. The molecule has 0 bridgehead atoms. The van der Waals surface area contributed by atoms with E-state index in [1.165, 1.54) is 107 Å². The molecule has 1 unspecified atom stereocenters. The fourth-order valence-corrected chi connectivity index (χ4v) is 8.49. The van der Waals surface area contributed by atoms with Gasteiger partial charge < -0.3 is 0 Å². The second-order valence-electron chi connectivity index (χ2n) is 19.0. The normalized spacial score (nSPS) is 13.9. The summed E-state index contributed by atoms with van der Waals surface area (Å²) in [5.41, 5.74) is 15.5. The molecule has 0 radical (unpaired) electrons. The van der Waals surface area contributed by atoms with Gasteiger partial charge in [-0.3, -0.25) is 0 Å². The Morgan fingerprint density at radius 2 is 1.25 bits per heavy atom. The molecule has 0 heteroatoms. The van der Waals surface area contributed by atoms with E-state index < -0.39 is 0 Å². The van der Waals surface area contributed by atoms with Crippen LogP contribution in [0.2, 0.25) is 0 Å². The smallest absolute Gasteiger partial charge is 0.0356 e. The van der Waals surface area contributed by atoms with Gasteiger partial charge in [0, 0.05) is 5.41 Å². The number of benzene rings is 6. The third-order valence-electron chi connectivity index (χ3n) is 12.8. The van der Waals surface area contributed by atoms with E-state index in [1.54, 1.807) is 6.92 Å². The summed E-state index contributed by atoms with van der Waals surface area (Å²) >= 11 is 0. The molecule has 0 saturated carbocycles. The second-order valence-corrected chi connectivity index (χ2v) is 19.0. The van der Waals surface area contributed by atoms with Crippen LogP contribution in [0.3, 0.4) is 0 Å². The van der Waals surface area contributed by atoms with Crippen molar-refractivity contribution in [1.29, 1.82) is 0 Å². The SMILES string of the molecule is C#CC.C/C=C(\C=C/C1=CC=CC1(C)c1ccccc1)c1ccc(C)cc1.C/C=c1/ccc2cccc3cc(C)c(C)c1c23.C=C.C=C(/C=C\C=C/C)C/C=C(C)\C=C(/C)c1ccccc1.CC.CC.CC.CC.CC1=CCCC=C1.CCC. The third-order valence-corrected chi connectivity index (χ3v) is 12.8. The van der Waals surface area contributed by atoms with Crippen LogP contribution in [0.5, 0.6) is 0 Å². The molecule has 2 aliphatic rings. The minimum absolute atomic E-state index is 0.0517. The molecule has 450 valence electrons. The molecule has 8 rings (SSSR count).